The number of aromatic carboxylic acids is 1. The third kappa shape index (κ3) is 3.54. The summed E-state index contributed by atoms with van der Waals surface area (Å²) in [6.07, 6.45) is 1.98. The maximum Gasteiger partial charge on any atom is 0.337 e. The average molecular weight is 357 g/mol. The Morgan fingerprint density at radius 3 is 2.60 bits per heavy atom. The van der Waals surface area contributed by atoms with Gasteiger partial charge in [0.15, 0.2) is 0 Å². The molecule has 0 saturated heterocycles. The Bertz CT molecular complexity index is 892. The minimum atomic E-state index is -2.73. The fraction of sp³-hybridized carbons (Fsp3) is 0.263. The molecule has 130 valence electrons. The van der Waals surface area contributed by atoms with Crippen LogP contribution in [0.4, 0.5) is 0 Å². The lowest BCUT2D eigenvalue weighted by Gasteiger charge is -2.44. The van der Waals surface area contributed by atoms with Crippen LogP contribution in [0.2, 0.25) is 0 Å². The average Bonchev–Trinajstić information content (AvgIpc) is 2.57. The second-order valence-corrected chi connectivity index (χ2v) is 8.88. The van der Waals surface area contributed by atoms with Crippen LogP contribution >= 0.6 is 10.6 Å². The van der Waals surface area contributed by atoms with E-state index in [0.717, 1.165) is 11.1 Å². The van der Waals surface area contributed by atoms with Gasteiger partial charge in [-0.3, -0.25) is 9.11 Å². The Kier molecular flexibility index (Phi) is 4.33. The number of hydrogen-bond donors (Lipinski definition) is 3. The maximum absolute atomic E-state index is 10.8. The van der Waals surface area contributed by atoms with E-state index in [1.165, 1.54) is 12.3 Å². The van der Waals surface area contributed by atoms with E-state index in [-0.39, 0.29) is 11.0 Å². The molecule has 0 fully saturated rings. The number of fused-ring (bicyclic) bond motifs is 1. The van der Waals surface area contributed by atoms with Crippen molar-refractivity contribution in [3.05, 3.63) is 58.9 Å². The van der Waals surface area contributed by atoms with E-state index in [9.17, 15) is 13.9 Å². The first-order chi connectivity index (χ1) is 11.7. The summed E-state index contributed by atoms with van der Waals surface area (Å²) in [5, 5.41) is 8.87. The van der Waals surface area contributed by atoms with Gasteiger partial charge in [-0.25, -0.2) is 9.78 Å². The standard InChI is InChI=1S/C19H19NO4S/c1-19(2)9-10-25(23,24)17-8-4-13(11-16(17)19)3-6-15-7-5-14(12-20-15)18(21)22/h4-5,7-8,11-12,23-24H,9-10H2,1-2H3,(H,21,22). The summed E-state index contributed by atoms with van der Waals surface area (Å²) in [6.45, 7) is 4.17. The van der Waals surface area contributed by atoms with Gasteiger partial charge in [0.05, 0.1) is 10.5 Å². The number of pyridine rings is 1. The van der Waals surface area contributed by atoms with E-state index in [4.69, 9.17) is 5.11 Å². The Labute approximate surface area is 148 Å². The normalized spacial score (nSPS) is 18.4. The molecular weight excluding hydrogens is 338 g/mol. The van der Waals surface area contributed by atoms with Gasteiger partial charge < -0.3 is 5.11 Å². The van der Waals surface area contributed by atoms with Gasteiger partial charge in [-0.1, -0.05) is 19.8 Å². The summed E-state index contributed by atoms with van der Waals surface area (Å²) >= 11 is 0. The lowest BCUT2D eigenvalue weighted by atomic mass is 9.81. The Morgan fingerprint density at radius 2 is 1.96 bits per heavy atom. The van der Waals surface area contributed by atoms with E-state index >= 15 is 0 Å². The molecule has 6 heteroatoms. The summed E-state index contributed by atoms with van der Waals surface area (Å²) in [6, 6.07) is 8.45. The molecule has 1 aliphatic heterocycles. The zero-order chi connectivity index (χ0) is 18.2. The molecule has 2 aromatic rings. The number of rotatable bonds is 1. The number of carboxylic acid groups (broad SMARTS) is 1. The van der Waals surface area contributed by atoms with Crippen LogP contribution in [-0.2, 0) is 5.41 Å². The molecule has 2 heterocycles. The predicted molar refractivity (Wildman–Crippen MR) is 97.2 cm³/mol. The lowest BCUT2D eigenvalue weighted by molar-refractivity contribution is 0.0696. The monoisotopic (exact) mass is 357 g/mol. The molecule has 0 aliphatic carbocycles. The number of aromatic nitrogens is 1. The Hall–Kier alpha value is -2.33. The first-order valence-corrected chi connectivity index (χ1v) is 9.52. The van der Waals surface area contributed by atoms with E-state index in [1.54, 1.807) is 18.2 Å². The topological polar surface area (TPSA) is 90.7 Å². The van der Waals surface area contributed by atoms with Crippen LogP contribution < -0.4 is 0 Å². The summed E-state index contributed by atoms with van der Waals surface area (Å²) in [7, 11) is -2.73. The van der Waals surface area contributed by atoms with Crippen LogP contribution in [-0.4, -0.2) is 30.9 Å². The molecule has 0 radical (unpaired) electrons. The zero-order valence-corrected chi connectivity index (χ0v) is 14.8. The van der Waals surface area contributed by atoms with Gasteiger partial charge >= 0.3 is 5.97 Å². The molecule has 25 heavy (non-hydrogen) atoms. The highest BCUT2D eigenvalue weighted by molar-refractivity contribution is 8.24. The number of hydrogen-bond acceptors (Lipinski definition) is 4. The SMILES string of the molecule is CC1(C)CCS(O)(O)c2ccc(C#Cc3ccc(C(=O)O)cn3)cc21. The Morgan fingerprint density at radius 1 is 1.20 bits per heavy atom. The van der Waals surface area contributed by atoms with Crippen LogP contribution in [0.3, 0.4) is 0 Å². The van der Waals surface area contributed by atoms with Crippen molar-refractivity contribution in [2.45, 2.75) is 30.6 Å². The minimum absolute atomic E-state index is 0.117. The largest absolute Gasteiger partial charge is 0.478 e. The number of benzene rings is 1. The van der Waals surface area contributed by atoms with Crippen LogP contribution in [0.25, 0.3) is 0 Å². The highest BCUT2D eigenvalue weighted by Crippen LogP contribution is 2.57. The maximum atomic E-state index is 10.8. The molecule has 1 aromatic heterocycles. The molecule has 0 bridgehead atoms. The van der Waals surface area contributed by atoms with Crippen LogP contribution in [0.1, 0.15) is 47.4 Å². The number of nitrogens with zero attached hydrogens (tertiary/aromatic N) is 1. The third-order valence-electron chi connectivity index (χ3n) is 4.42. The first kappa shape index (κ1) is 17.5. The highest BCUT2D eigenvalue weighted by atomic mass is 32.3. The van der Waals surface area contributed by atoms with Gasteiger partial charge in [0.1, 0.15) is 5.69 Å². The molecule has 0 unspecified atom stereocenters. The molecule has 0 amide bonds. The summed E-state index contributed by atoms with van der Waals surface area (Å²) < 4.78 is 20.5. The second-order valence-electron chi connectivity index (χ2n) is 6.70. The lowest BCUT2D eigenvalue weighted by Crippen LogP contribution is -2.28. The van der Waals surface area contributed by atoms with E-state index in [2.05, 4.69) is 30.7 Å². The minimum Gasteiger partial charge on any atom is -0.478 e. The molecule has 0 spiro atoms. The third-order valence-corrected chi connectivity index (χ3v) is 6.25. The van der Waals surface area contributed by atoms with Crippen molar-refractivity contribution in [2.24, 2.45) is 0 Å². The molecular formula is C19H19NO4S. The highest BCUT2D eigenvalue weighted by Gasteiger charge is 2.35. The van der Waals surface area contributed by atoms with E-state index < -0.39 is 16.6 Å². The van der Waals surface area contributed by atoms with Crippen LogP contribution in [0, 0.1) is 11.8 Å². The van der Waals surface area contributed by atoms with Gasteiger partial charge in [0.25, 0.3) is 0 Å². The van der Waals surface area contributed by atoms with Crippen molar-refractivity contribution >= 4 is 16.6 Å². The summed E-state index contributed by atoms with van der Waals surface area (Å²) in [5.74, 6) is 5.28. The quantitative estimate of drug-likeness (QED) is 0.672. The molecule has 5 nitrogen and oxygen atoms in total. The first-order valence-electron chi connectivity index (χ1n) is 7.81. The second kappa shape index (κ2) is 6.19. The predicted octanol–water partition coefficient (Wildman–Crippen LogP) is 3.97. The summed E-state index contributed by atoms with van der Waals surface area (Å²) in [5.41, 5.74) is 2.13. The molecule has 1 aromatic carbocycles. The molecule has 0 atom stereocenters. The fourth-order valence-electron chi connectivity index (χ4n) is 2.79. The van der Waals surface area contributed by atoms with Gasteiger partial charge in [-0.15, -0.1) is 0 Å². The van der Waals surface area contributed by atoms with Gasteiger partial charge in [0.2, 0.25) is 0 Å². The molecule has 1 aliphatic rings. The van der Waals surface area contributed by atoms with E-state index in [1.807, 2.05) is 6.07 Å². The van der Waals surface area contributed by atoms with Crippen molar-refractivity contribution in [1.29, 1.82) is 0 Å². The summed E-state index contributed by atoms with van der Waals surface area (Å²) in [4.78, 5) is 15.5. The van der Waals surface area contributed by atoms with Crippen molar-refractivity contribution in [3.63, 3.8) is 0 Å². The van der Waals surface area contributed by atoms with E-state index in [0.29, 0.717) is 22.8 Å². The number of carboxylic acids is 1. The fourth-order valence-corrected chi connectivity index (χ4v) is 4.78. The zero-order valence-electron chi connectivity index (χ0n) is 14.0. The Balaban J connectivity index is 1.94. The molecule has 3 N–H and O–H groups in total. The van der Waals surface area contributed by atoms with Crippen molar-refractivity contribution in [1.82, 2.24) is 4.98 Å². The smallest absolute Gasteiger partial charge is 0.337 e. The molecule has 3 rings (SSSR count). The van der Waals surface area contributed by atoms with Gasteiger partial charge in [-0.2, -0.15) is 10.6 Å². The van der Waals surface area contributed by atoms with Gasteiger partial charge in [0, 0.05) is 17.5 Å². The number of carbonyl (C=O) groups is 1. The van der Waals surface area contributed by atoms with Crippen LogP contribution in [0.15, 0.2) is 41.4 Å². The van der Waals surface area contributed by atoms with Crippen molar-refractivity contribution in [2.75, 3.05) is 5.75 Å². The van der Waals surface area contributed by atoms with Crippen molar-refractivity contribution in [3.8, 4) is 11.8 Å². The van der Waals surface area contributed by atoms with Crippen LogP contribution in [0.5, 0.6) is 0 Å². The van der Waals surface area contributed by atoms with Gasteiger partial charge in [-0.05, 0) is 53.7 Å². The molecule has 0 saturated carbocycles. The van der Waals surface area contributed by atoms with Crippen molar-refractivity contribution < 1.29 is 19.0 Å².